The molecule has 0 saturated heterocycles. The molecule has 6 heteroatoms. The zero-order chi connectivity index (χ0) is 23.1. The normalized spacial score (nSPS) is 12.2. The van der Waals surface area contributed by atoms with Gasteiger partial charge in [0.15, 0.2) is 5.39 Å². The van der Waals surface area contributed by atoms with Gasteiger partial charge >= 0.3 is 0 Å². The average molecular weight is 438 g/mol. The van der Waals surface area contributed by atoms with Crippen LogP contribution in [0.4, 0.5) is 0 Å². The van der Waals surface area contributed by atoms with Crippen molar-refractivity contribution in [1.82, 2.24) is 9.55 Å². The maximum atomic E-state index is 13.8. The monoisotopic (exact) mass is 438 g/mol. The number of methoxy groups -OCH3 is 1. The van der Waals surface area contributed by atoms with Crippen LogP contribution < -0.4 is 15.7 Å². The minimum Gasteiger partial charge on any atom is -0.497 e. The molecule has 33 heavy (non-hydrogen) atoms. The lowest BCUT2D eigenvalue weighted by Crippen LogP contribution is -2.30. The van der Waals surface area contributed by atoms with E-state index in [0.717, 1.165) is 16.7 Å². The van der Waals surface area contributed by atoms with Crippen LogP contribution in [0.15, 0.2) is 86.8 Å². The van der Waals surface area contributed by atoms with Gasteiger partial charge in [-0.15, -0.1) is 0 Å². The van der Waals surface area contributed by atoms with Crippen LogP contribution in [0.1, 0.15) is 24.1 Å². The van der Waals surface area contributed by atoms with Crippen molar-refractivity contribution >= 4 is 22.1 Å². The molecule has 5 aromatic rings. The number of aromatic nitrogens is 2. The summed E-state index contributed by atoms with van der Waals surface area (Å²) in [6, 6.07) is 22.0. The Hall–Kier alpha value is -4.19. The summed E-state index contributed by atoms with van der Waals surface area (Å²) >= 11 is 0. The molecule has 0 saturated carbocycles. The highest BCUT2D eigenvalue weighted by molar-refractivity contribution is 5.89. The zero-order valence-corrected chi connectivity index (χ0v) is 18.5. The van der Waals surface area contributed by atoms with Crippen LogP contribution in [-0.2, 0) is 0 Å². The topological polar surface area (TPSA) is 74.3 Å². The quantitative estimate of drug-likeness (QED) is 0.365. The molecule has 5 rings (SSSR count). The third kappa shape index (κ3) is 3.49. The number of rotatable bonds is 4. The molecule has 0 aliphatic heterocycles. The summed E-state index contributed by atoms with van der Waals surface area (Å²) in [5.41, 5.74) is 2.28. The molecule has 3 aromatic carbocycles. The van der Waals surface area contributed by atoms with Crippen LogP contribution in [-0.4, -0.2) is 16.7 Å². The van der Waals surface area contributed by atoms with Crippen molar-refractivity contribution in [2.24, 2.45) is 0 Å². The van der Waals surface area contributed by atoms with Crippen molar-refractivity contribution in [1.29, 1.82) is 0 Å². The lowest BCUT2D eigenvalue weighted by Gasteiger charge is -2.20. The number of fused-ring (bicyclic) bond motifs is 2. The highest BCUT2D eigenvalue weighted by Gasteiger charge is 2.22. The molecule has 0 aliphatic carbocycles. The molecule has 0 N–H and O–H groups in total. The van der Waals surface area contributed by atoms with Crippen LogP contribution >= 0.6 is 0 Å². The van der Waals surface area contributed by atoms with Gasteiger partial charge in [0.1, 0.15) is 17.2 Å². The minimum absolute atomic E-state index is 0.0119. The van der Waals surface area contributed by atoms with Crippen LogP contribution in [0.25, 0.3) is 33.5 Å². The SMILES string of the molecule is COc1ccc2c(=O)c3c(=O)n(C(C)c4ccccc4)c(-c4ccc(C)cc4)nc3oc2c1. The fraction of sp³-hybridized carbons (Fsp3) is 0.148. The molecular formula is C27H22N2O4. The number of hydrogen-bond acceptors (Lipinski definition) is 5. The number of nitrogens with zero attached hydrogens (tertiary/aromatic N) is 2. The predicted octanol–water partition coefficient (Wildman–Crippen LogP) is 5.10. The summed E-state index contributed by atoms with van der Waals surface area (Å²) in [7, 11) is 1.54. The third-order valence-electron chi connectivity index (χ3n) is 5.93. The van der Waals surface area contributed by atoms with Crippen LogP contribution in [0.5, 0.6) is 5.75 Å². The predicted molar refractivity (Wildman–Crippen MR) is 129 cm³/mol. The van der Waals surface area contributed by atoms with E-state index in [1.54, 1.807) is 22.8 Å². The average Bonchev–Trinajstić information content (AvgIpc) is 2.84. The van der Waals surface area contributed by atoms with E-state index < -0.39 is 11.0 Å². The summed E-state index contributed by atoms with van der Waals surface area (Å²) in [6.45, 7) is 3.92. The van der Waals surface area contributed by atoms with Gasteiger partial charge in [-0.05, 0) is 31.5 Å². The molecule has 6 nitrogen and oxygen atoms in total. The van der Waals surface area contributed by atoms with E-state index in [9.17, 15) is 9.59 Å². The fourth-order valence-electron chi connectivity index (χ4n) is 4.07. The Morgan fingerprint density at radius 2 is 1.70 bits per heavy atom. The van der Waals surface area contributed by atoms with Crippen LogP contribution in [0.3, 0.4) is 0 Å². The fourth-order valence-corrected chi connectivity index (χ4v) is 4.07. The second kappa shape index (κ2) is 8.06. The molecule has 2 heterocycles. The van der Waals surface area contributed by atoms with Crippen LogP contribution in [0, 0.1) is 6.92 Å². The first-order valence-corrected chi connectivity index (χ1v) is 10.7. The van der Waals surface area contributed by atoms with E-state index in [-0.39, 0.29) is 17.1 Å². The first kappa shape index (κ1) is 20.7. The van der Waals surface area contributed by atoms with Crippen molar-refractivity contribution in [2.45, 2.75) is 19.9 Å². The standard InChI is InChI=1S/C27H22N2O4/c1-16-9-11-19(12-10-16)25-28-26-23(24(30)21-14-13-20(32-3)15-22(21)33-26)27(31)29(25)17(2)18-7-5-4-6-8-18/h4-15,17H,1-3H3. The molecule has 1 atom stereocenters. The molecule has 0 aliphatic rings. The number of aryl methyl sites for hydroxylation is 1. The summed E-state index contributed by atoms with van der Waals surface area (Å²) < 4.78 is 12.8. The van der Waals surface area contributed by atoms with Gasteiger partial charge in [-0.2, -0.15) is 4.98 Å². The summed E-state index contributed by atoms with van der Waals surface area (Å²) in [4.78, 5) is 31.9. The molecule has 164 valence electrons. The van der Waals surface area contributed by atoms with Crippen molar-refractivity contribution in [3.63, 3.8) is 0 Å². The Morgan fingerprint density at radius 3 is 2.39 bits per heavy atom. The van der Waals surface area contributed by atoms with Crippen molar-refractivity contribution in [3.8, 4) is 17.1 Å². The maximum Gasteiger partial charge on any atom is 0.269 e. The van der Waals surface area contributed by atoms with E-state index in [1.807, 2.05) is 68.4 Å². The van der Waals surface area contributed by atoms with Crippen molar-refractivity contribution in [3.05, 3.63) is 105 Å². The third-order valence-corrected chi connectivity index (χ3v) is 5.93. The van der Waals surface area contributed by atoms with Gasteiger partial charge in [-0.25, -0.2) is 0 Å². The Bertz CT molecular complexity index is 1600. The van der Waals surface area contributed by atoms with Gasteiger partial charge in [0.2, 0.25) is 11.1 Å². The highest BCUT2D eigenvalue weighted by atomic mass is 16.5. The summed E-state index contributed by atoms with van der Waals surface area (Å²) in [6.07, 6.45) is 0. The lowest BCUT2D eigenvalue weighted by atomic mass is 10.1. The first-order valence-electron chi connectivity index (χ1n) is 10.7. The van der Waals surface area contributed by atoms with Gasteiger partial charge in [0, 0.05) is 11.6 Å². The van der Waals surface area contributed by atoms with E-state index in [4.69, 9.17) is 14.1 Å². The summed E-state index contributed by atoms with van der Waals surface area (Å²) in [5, 5.41) is 0.246. The van der Waals surface area contributed by atoms with Gasteiger partial charge in [-0.3, -0.25) is 14.2 Å². The van der Waals surface area contributed by atoms with E-state index in [0.29, 0.717) is 22.5 Å². The number of hydrogen-bond donors (Lipinski definition) is 0. The highest BCUT2D eigenvalue weighted by Crippen LogP contribution is 2.27. The van der Waals surface area contributed by atoms with Crippen molar-refractivity contribution < 1.29 is 9.15 Å². The molecule has 2 aromatic heterocycles. The van der Waals surface area contributed by atoms with Crippen molar-refractivity contribution in [2.75, 3.05) is 7.11 Å². The smallest absolute Gasteiger partial charge is 0.269 e. The number of ether oxygens (including phenoxy) is 1. The van der Waals surface area contributed by atoms with Crippen LogP contribution in [0.2, 0.25) is 0 Å². The molecule has 0 amide bonds. The zero-order valence-electron chi connectivity index (χ0n) is 18.5. The van der Waals surface area contributed by atoms with Gasteiger partial charge in [-0.1, -0.05) is 60.2 Å². The second-order valence-corrected chi connectivity index (χ2v) is 8.04. The molecule has 0 fully saturated rings. The molecule has 0 spiro atoms. The molecular weight excluding hydrogens is 416 g/mol. The van der Waals surface area contributed by atoms with Gasteiger partial charge in [0.05, 0.1) is 18.5 Å². The Kier molecular flexibility index (Phi) is 5.05. The maximum absolute atomic E-state index is 13.8. The first-order chi connectivity index (χ1) is 16.0. The lowest BCUT2D eigenvalue weighted by molar-refractivity contribution is 0.414. The van der Waals surface area contributed by atoms with Gasteiger partial charge < -0.3 is 9.15 Å². The van der Waals surface area contributed by atoms with E-state index in [1.165, 1.54) is 7.11 Å². The molecule has 1 unspecified atom stereocenters. The Morgan fingerprint density at radius 1 is 0.970 bits per heavy atom. The summed E-state index contributed by atoms with van der Waals surface area (Å²) in [5.74, 6) is 0.990. The molecule has 0 radical (unpaired) electrons. The second-order valence-electron chi connectivity index (χ2n) is 8.04. The Labute approximate surface area is 189 Å². The Balaban J connectivity index is 1.89. The van der Waals surface area contributed by atoms with E-state index in [2.05, 4.69) is 0 Å². The van der Waals surface area contributed by atoms with E-state index >= 15 is 0 Å². The minimum atomic E-state index is -0.432. The van der Waals surface area contributed by atoms with Gasteiger partial charge in [0.25, 0.3) is 5.56 Å². The number of benzene rings is 3. The molecule has 0 bridgehead atoms. The largest absolute Gasteiger partial charge is 0.497 e.